The van der Waals surface area contributed by atoms with Crippen LogP contribution in [0.1, 0.15) is 27.2 Å². The van der Waals surface area contributed by atoms with Crippen LogP contribution < -0.4 is 5.32 Å². The van der Waals surface area contributed by atoms with Crippen LogP contribution in [0.2, 0.25) is 0 Å². The maximum Gasteiger partial charge on any atom is 0.346 e. The Morgan fingerprint density at radius 3 is 2.15 bits per heavy atom. The maximum absolute atomic E-state index is 12.5. The normalized spacial score (nSPS) is 15.8. The number of hydrogen-bond acceptors (Lipinski definition) is 2. The predicted octanol–water partition coefficient (Wildman–Crippen LogP) is 1.58. The summed E-state index contributed by atoms with van der Waals surface area (Å²) in [6.07, 6.45) is -0.632. The fourth-order valence-electron chi connectivity index (χ4n) is 0.670. The van der Waals surface area contributed by atoms with Crippen molar-refractivity contribution in [2.24, 2.45) is 0 Å². The summed E-state index contributed by atoms with van der Waals surface area (Å²) in [5.74, 6) is 0. The summed E-state index contributed by atoms with van der Waals surface area (Å²) in [5, 5.41) is -0.708. The van der Waals surface area contributed by atoms with E-state index in [2.05, 4.69) is 5.32 Å². The molecule has 0 aliphatic rings. The van der Waals surface area contributed by atoms with Crippen molar-refractivity contribution >= 4 is 11.1 Å². The summed E-state index contributed by atoms with van der Waals surface area (Å²) in [7, 11) is 0. The van der Waals surface area contributed by atoms with Crippen LogP contribution in [0.25, 0.3) is 0 Å². The van der Waals surface area contributed by atoms with Gasteiger partial charge < -0.3 is 9.87 Å². The highest BCUT2D eigenvalue weighted by atomic mass is 32.2. The number of halogens is 2. The molecule has 0 aliphatic heterocycles. The predicted molar refractivity (Wildman–Crippen MR) is 48.1 cm³/mol. The first-order valence-electron chi connectivity index (χ1n) is 3.89. The van der Waals surface area contributed by atoms with E-state index in [1.807, 2.05) is 20.8 Å². The molecule has 0 aromatic carbocycles. The number of rotatable bonds is 4. The van der Waals surface area contributed by atoms with E-state index in [4.69, 9.17) is 4.55 Å². The van der Waals surface area contributed by atoms with Crippen LogP contribution in [-0.2, 0) is 11.1 Å². The molecule has 1 atom stereocenters. The van der Waals surface area contributed by atoms with Crippen LogP contribution in [0.5, 0.6) is 0 Å². The Balaban J connectivity index is 3.84. The van der Waals surface area contributed by atoms with Crippen molar-refractivity contribution < 1.29 is 17.5 Å². The third kappa shape index (κ3) is 6.06. The monoisotopic (exact) mass is 215 g/mol. The minimum Gasteiger partial charge on any atom is -0.312 e. The number of hydrogen-bond donors (Lipinski definition) is 2. The number of nitrogens with one attached hydrogen (secondary N) is 1. The van der Waals surface area contributed by atoms with Crippen LogP contribution in [0, 0.1) is 0 Å². The second kappa shape index (κ2) is 4.43. The Bertz CT molecular complexity index is 191. The average Bonchev–Trinajstić information content (AvgIpc) is 1.82. The van der Waals surface area contributed by atoms with E-state index in [1.165, 1.54) is 0 Å². The second-order valence-electron chi connectivity index (χ2n) is 3.81. The molecule has 0 saturated heterocycles. The highest BCUT2D eigenvalue weighted by molar-refractivity contribution is 7.80. The zero-order valence-corrected chi connectivity index (χ0v) is 8.75. The van der Waals surface area contributed by atoms with Crippen molar-refractivity contribution in [3.05, 3.63) is 0 Å². The van der Waals surface area contributed by atoms with Gasteiger partial charge in [-0.05, 0) is 20.8 Å². The fourth-order valence-corrected chi connectivity index (χ4v) is 0.947. The van der Waals surface area contributed by atoms with Gasteiger partial charge in [-0.1, -0.05) is 0 Å². The Labute approximate surface area is 79.2 Å². The largest absolute Gasteiger partial charge is 0.346 e. The van der Waals surface area contributed by atoms with Crippen LogP contribution in [0.3, 0.4) is 0 Å². The minimum atomic E-state index is -3.52. The lowest BCUT2D eigenvalue weighted by Gasteiger charge is -2.21. The van der Waals surface area contributed by atoms with Gasteiger partial charge in [0.05, 0.1) is 0 Å². The summed E-state index contributed by atoms with van der Waals surface area (Å²) in [5.41, 5.74) is -0.257. The Kier molecular flexibility index (Phi) is 4.41. The van der Waals surface area contributed by atoms with E-state index >= 15 is 0 Å². The molecule has 0 saturated carbocycles. The topological polar surface area (TPSA) is 49.3 Å². The van der Waals surface area contributed by atoms with Crippen molar-refractivity contribution in [2.75, 3.05) is 6.54 Å². The lowest BCUT2D eigenvalue weighted by molar-refractivity contribution is 0.0784. The fraction of sp³-hybridized carbons (Fsp3) is 1.00. The van der Waals surface area contributed by atoms with Crippen LogP contribution in [-0.4, -0.2) is 26.1 Å². The molecule has 6 heteroatoms. The molecule has 0 bridgehead atoms. The summed E-state index contributed by atoms with van der Waals surface area (Å²) >= 11 is -3.08. The third-order valence-corrected chi connectivity index (χ3v) is 2.04. The van der Waals surface area contributed by atoms with Gasteiger partial charge >= 0.3 is 5.25 Å². The van der Waals surface area contributed by atoms with Gasteiger partial charge in [0, 0.05) is 18.5 Å². The second-order valence-corrected chi connectivity index (χ2v) is 4.91. The lowest BCUT2D eigenvalue weighted by Crippen LogP contribution is -2.39. The maximum atomic E-state index is 12.5. The van der Waals surface area contributed by atoms with Gasteiger partial charge in [0.1, 0.15) is 0 Å². The first-order valence-corrected chi connectivity index (χ1v) is 5.00. The highest BCUT2D eigenvalue weighted by Crippen LogP contribution is 2.21. The van der Waals surface area contributed by atoms with E-state index in [-0.39, 0.29) is 12.1 Å². The van der Waals surface area contributed by atoms with Gasteiger partial charge in [0.15, 0.2) is 0 Å². The zero-order chi connectivity index (χ0) is 10.7. The van der Waals surface area contributed by atoms with E-state index < -0.39 is 22.8 Å². The van der Waals surface area contributed by atoms with E-state index in [9.17, 15) is 13.0 Å². The minimum absolute atomic E-state index is 0.0167. The molecular weight excluding hydrogens is 200 g/mol. The summed E-state index contributed by atoms with van der Waals surface area (Å²) in [4.78, 5) is 0. The summed E-state index contributed by atoms with van der Waals surface area (Å²) in [6.45, 7) is 5.52. The van der Waals surface area contributed by atoms with Crippen LogP contribution >= 0.6 is 0 Å². The molecule has 0 aliphatic carbocycles. The Hall–Kier alpha value is -0.0700. The standard InChI is InChI=1S/C7H15F2NO2S/c1-6(2,3)10-5-4-7(8,9)13(11)12/h10H,4-5H2,1-3H3,(H,11,12). The van der Waals surface area contributed by atoms with Gasteiger partial charge in [0.2, 0.25) is 11.1 Å². The summed E-state index contributed by atoms with van der Waals surface area (Å²) < 4.78 is 43.4. The molecular formula is C7H15F2NO2S. The van der Waals surface area contributed by atoms with Gasteiger partial charge in [-0.2, -0.15) is 8.78 Å². The van der Waals surface area contributed by atoms with Crippen LogP contribution in [0.4, 0.5) is 8.78 Å². The van der Waals surface area contributed by atoms with Gasteiger partial charge in [-0.25, -0.2) is 4.21 Å². The molecule has 0 spiro atoms. The van der Waals surface area contributed by atoms with Crippen molar-refractivity contribution in [3.63, 3.8) is 0 Å². The molecule has 0 aromatic rings. The van der Waals surface area contributed by atoms with Gasteiger partial charge in [0.25, 0.3) is 0 Å². The molecule has 0 fully saturated rings. The van der Waals surface area contributed by atoms with E-state index in [1.54, 1.807) is 0 Å². The zero-order valence-electron chi connectivity index (χ0n) is 7.93. The van der Waals surface area contributed by atoms with E-state index in [0.717, 1.165) is 0 Å². The molecule has 13 heavy (non-hydrogen) atoms. The average molecular weight is 215 g/mol. The first-order chi connectivity index (χ1) is 5.65. The van der Waals surface area contributed by atoms with E-state index in [0.29, 0.717) is 0 Å². The molecule has 2 N–H and O–H groups in total. The number of alkyl halides is 2. The third-order valence-electron chi connectivity index (χ3n) is 1.33. The first kappa shape index (κ1) is 12.9. The molecule has 80 valence electrons. The Morgan fingerprint density at radius 1 is 1.38 bits per heavy atom. The van der Waals surface area contributed by atoms with Crippen molar-refractivity contribution in [2.45, 2.75) is 38.0 Å². The SMILES string of the molecule is CC(C)(C)NCCC(F)(F)S(=O)O. The molecule has 3 nitrogen and oxygen atoms in total. The molecule has 0 heterocycles. The molecule has 0 aromatic heterocycles. The molecule has 0 amide bonds. The van der Waals surface area contributed by atoms with Crippen molar-refractivity contribution in [1.29, 1.82) is 0 Å². The van der Waals surface area contributed by atoms with Crippen molar-refractivity contribution in [3.8, 4) is 0 Å². The smallest absolute Gasteiger partial charge is 0.312 e. The van der Waals surface area contributed by atoms with Gasteiger partial charge in [-0.3, -0.25) is 0 Å². The highest BCUT2D eigenvalue weighted by Gasteiger charge is 2.35. The van der Waals surface area contributed by atoms with Crippen molar-refractivity contribution in [1.82, 2.24) is 5.32 Å². The van der Waals surface area contributed by atoms with Crippen LogP contribution in [0.15, 0.2) is 0 Å². The molecule has 0 rings (SSSR count). The quantitative estimate of drug-likeness (QED) is 0.700. The van der Waals surface area contributed by atoms with Gasteiger partial charge in [-0.15, -0.1) is 0 Å². The lowest BCUT2D eigenvalue weighted by atomic mass is 10.1. The molecule has 0 radical (unpaired) electrons. The molecule has 1 unspecified atom stereocenters. The Morgan fingerprint density at radius 2 is 1.85 bits per heavy atom. The summed E-state index contributed by atoms with van der Waals surface area (Å²) in [6, 6.07) is 0.